The molecule has 1 aliphatic heterocycles. The smallest absolute Gasteiger partial charge is 0.326 e. The molecule has 104 valence electrons. The summed E-state index contributed by atoms with van der Waals surface area (Å²) in [5.41, 5.74) is 0. The lowest BCUT2D eigenvalue weighted by Crippen LogP contribution is -2.52. The van der Waals surface area contributed by atoms with E-state index in [1.165, 1.54) is 4.90 Å². The van der Waals surface area contributed by atoms with Gasteiger partial charge in [0.1, 0.15) is 6.04 Å². The van der Waals surface area contributed by atoms with Crippen molar-refractivity contribution in [2.24, 2.45) is 0 Å². The zero-order valence-corrected chi connectivity index (χ0v) is 10.7. The van der Waals surface area contributed by atoms with E-state index >= 15 is 0 Å². The molecule has 1 unspecified atom stereocenters. The Morgan fingerprint density at radius 2 is 2.26 bits per heavy atom. The van der Waals surface area contributed by atoms with E-state index in [0.29, 0.717) is 26.1 Å². The van der Waals surface area contributed by atoms with Gasteiger partial charge in [0.05, 0.1) is 6.54 Å². The van der Waals surface area contributed by atoms with Crippen molar-refractivity contribution in [3.05, 3.63) is 18.5 Å². The Kier molecular flexibility index (Phi) is 4.38. The number of amides is 2. The fourth-order valence-electron chi connectivity index (χ4n) is 2.24. The Hall–Kier alpha value is -2.05. The van der Waals surface area contributed by atoms with Gasteiger partial charge >= 0.3 is 12.0 Å². The fraction of sp³-hybridized carbons (Fsp3) is 0.583. The molecule has 2 heterocycles. The molecule has 7 nitrogen and oxygen atoms in total. The van der Waals surface area contributed by atoms with Crippen molar-refractivity contribution in [1.82, 2.24) is 20.0 Å². The summed E-state index contributed by atoms with van der Waals surface area (Å²) in [7, 11) is 0. The van der Waals surface area contributed by atoms with Crippen molar-refractivity contribution in [3.8, 4) is 0 Å². The molecule has 1 fully saturated rings. The molecule has 1 saturated heterocycles. The number of hydrogen-bond acceptors (Lipinski definition) is 3. The van der Waals surface area contributed by atoms with Crippen molar-refractivity contribution in [2.75, 3.05) is 13.1 Å². The van der Waals surface area contributed by atoms with Crippen molar-refractivity contribution >= 4 is 12.0 Å². The lowest BCUT2D eigenvalue weighted by Gasteiger charge is -2.32. The summed E-state index contributed by atoms with van der Waals surface area (Å²) < 4.78 is 1.71. The molecule has 1 atom stereocenters. The summed E-state index contributed by atoms with van der Waals surface area (Å²) in [5, 5.41) is 15.9. The van der Waals surface area contributed by atoms with Gasteiger partial charge in [0.2, 0.25) is 0 Å². The number of urea groups is 1. The van der Waals surface area contributed by atoms with Crippen LogP contribution < -0.4 is 5.32 Å². The van der Waals surface area contributed by atoms with E-state index in [0.717, 1.165) is 12.8 Å². The maximum Gasteiger partial charge on any atom is 0.326 e. The predicted molar refractivity (Wildman–Crippen MR) is 67.6 cm³/mol. The zero-order chi connectivity index (χ0) is 13.7. The number of carboxylic acids is 1. The number of carboxylic acid groups (broad SMARTS) is 1. The maximum atomic E-state index is 12.0. The number of carbonyl (C=O) groups is 2. The standard InChI is InChI=1S/C12H18N4O3/c17-11(18)10-4-1-2-8-16(10)12(19)13-6-9-15-7-3-5-14-15/h3,5,7,10H,1-2,4,6,8-9H2,(H,13,19)(H,17,18). The number of nitrogens with zero attached hydrogens (tertiary/aromatic N) is 3. The minimum atomic E-state index is -0.929. The molecule has 2 amide bonds. The molecule has 0 aromatic carbocycles. The molecule has 0 spiro atoms. The summed E-state index contributed by atoms with van der Waals surface area (Å²) in [6.07, 6.45) is 5.73. The summed E-state index contributed by atoms with van der Waals surface area (Å²) in [6, 6.07) is 0.810. The molecule has 0 saturated carbocycles. The van der Waals surface area contributed by atoms with Gasteiger partial charge in [-0.15, -0.1) is 0 Å². The lowest BCUT2D eigenvalue weighted by atomic mass is 10.0. The van der Waals surface area contributed by atoms with Crippen LogP contribution in [0.25, 0.3) is 0 Å². The first-order valence-corrected chi connectivity index (χ1v) is 6.43. The summed E-state index contributed by atoms with van der Waals surface area (Å²) in [5.74, 6) is -0.929. The van der Waals surface area contributed by atoms with E-state index in [1.807, 2.05) is 12.3 Å². The van der Waals surface area contributed by atoms with E-state index in [-0.39, 0.29) is 6.03 Å². The summed E-state index contributed by atoms with van der Waals surface area (Å²) >= 11 is 0. The highest BCUT2D eigenvalue weighted by Gasteiger charge is 2.31. The van der Waals surface area contributed by atoms with E-state index in [1.54, 1.807) is 10.9 Å². The zero-order valence-electron chi connectivity index (χ0n) is 10.7. The summed E-state index contributed by atoms with van der Waals surface area (Å²) in [4.78, 5) is 24.5. The van der Waals surface area contributed by atoms with Crippen molar-refractivity contribution in [3.63, 3.8) is 0 Å². The van der Waals surface area contributed by atoms with Gasteiger partial charge in [-0.3, -0.25) is 4.68 Å². The minimum absolute atomic E-state index is 0.306. The fourth-order valence-corrected chi connectivity index (χ4v) is 2.24. The highest BCUT2D eigenvalue weighted by molar-refractivity contribution is 5.82. The Morgan fingerprint density at radius 1 is 1.42 bits per heavy atom. The van der Waals surface area contributed by atoms with Gasteiger partial charge in [-0.25, -0.2) is 9.59 Å². The number of carbonyl (C=O) groups excluding carboxylic acids is 1. The first-order chi connectivity index (χ1) is 9.18. The van der Waals surface area contributed by atoms with Crippen LogP contribution in [0.15, 0.2) is 18.5 Å². The molecule has 19 heavy (non-hydrogen) atoms. The SMILES string of the molecule is O=C(O)C1CCCCN1C(=O)NCCn1cccn1. The van der Waals surface area contributed by atoms with Crippen molar-refractivity contribution < 1.29 is 14.7 Å². The van der Waals surface area contributed by atoms with Crippen LogP contribution in [0.4, 0.5) is 4.79 Å². The van der Waals surface area contributed by atoms with Gasteiger partial charge in [0.25, 0.3) is 0 Å². The molecule has 1 aromatic heterocycles. The highest BCUT2D eigenvalue weighted by Crippen LogP contribution is 2.17. The Morgan fingerprint density at radius 3 is 2.95 bits per heavy atom. The molecule has 1 aromatic rings. The van der Waals surface area contributed by atoms with Gasteiger partial charge in [-0.2, -0.15) is 5.10 Å². The van der Waals surface area contributed by atoms with E-state index in [2.05, 4.69) is 10.4 Å². The van der Waals surface area contributed by atoms with Crippen LogP contribution in [0.3, 0.4) is 0 Å². The highest BCUT2D eigenvalue weighted by atomic mass is 16.4. The number of likely N-dealkylation sites (tertiary alicyclic amines) is 1. The van der Waals surface area contributed by atoms with Crippen LogP contribution in [0.5, 0.6) is 0 Å². The van der Waals surface area contributed by atoms with Crippen LogP contribution in [0.1, 0.15) is 19.3 Å². The van der Waals surface area contributed by atoms with Crippen molar-refractivity contribution in [2.45, 2.75) is 31.8 Å². The number of aliphatic carboxylic acids is 1. The molecule has 2 N–H and O–H groups in total. The molecular weight excluding hydrogens is 248 g/mol. The molecule has 0 aliphatic carbocycles. The van der Waals surface area contributed by atoms with Gasteiger partial charge in [0, 0.05) is 25.5 Å². The van der Waals surface area contributed by atoms with Crippen LogP contribution in [-0.4, -0.2) is 50.9 Å². The average Bonchev–Trinajstić information content (AvgIpc) is 2.91. The van der Waals surface area contributed by atoms with Crippen LogP contribution >= 0.6 is 0 Å². The number of hydrogen-bond donors (Lipinski definition) is 2. The van der Waals surface area contributed by atoms with E-state index in [4.69, 9.17) is 5.11 Å². The third kappa shape index (κ3) is 3.46. The molecule has 2 rings (SSSR count). The largest absolute Gasteiger partial charge is 0.480 e. The van der Waals surface area contributed by atoms with Crippen LogP contribution in [0.2, 0.25) is 0 Å². The van der Waals surface area contributed by atoms with Gasteiger partial charge in [-0.05, 0) is 25.3 Å². The second-order valence-electron chi connectivity index (χ2n) is 4.54. The number of nitrogens with one attached hydrogen (secondary N) is 1. The van der Waals surface area contributed by atoms with E-state index < -0.39 is 12.0 Å². The first-order valence-electron chi connectivity index (χ1n) is 6.43. The molecule has 0 radical (unpaired) electrons. The van der Waals surface area contributed by atoms with Crippen molar-refractivity contribution in [1.29, 1.82) is 0 Å². The first kappa shape index (κ1) is 13.4. The number of rotatable bonds is 4. The summed E-state index contributed by atoms with van der Waals surface area (Å²) in [6.45, 7) is 1.51. The topological polar surface area (TPSA) is 87.5 Å². The quantitative estimate of drug-likeness (QED) is 0.832. The van der Waals surface area contributed by atoms with Crippen LogP contribution in [-0.2, 0) is 11.3 Å². The predicted octanol–water partition coefficient (Wildman–Crippen LogP) is 0.532. The van der Waals surface area contributed by atoms with Crippen LogP contribution in [0, 0.1) is 0 Å². The monoisotopic (exact) mass is 266 g/mol. The lowest BCUT2D eigenvalue weighted by molar-refractivity contribution is -0.143. The number of aromatic nitrogens is 2. The van der Waals surface area contributed by atoms with Gasteiger partial charge in [0.15, 0.2) is 0 Å². The molecular formula is C12H18N4O3. The minimum Gasteiger partial charge on any atom is -0.480 e. The third-order valence-corrected chi connectivity index (χ3v) is 3.23. The van der Waals surface area contributed by atoms with E-state index in [9.17, 15) is 9.59 Å². The Bertz CT molecular complexity index is 432. The molecule has 0 bridgehead atoms. The van der Waals surface area contributed by atoms with Gasteiger partial charge < -0.3 is 15.3 Å². The van der Waals surface area contributed by atoms with Gasteiger partial charge in [-0.1, -0.05) is 0 Å². The average molecular weight is 266 g/mol. The maximum absolute atomic E-state index is 12.0. The third-order valence-electron chi connectivity index (χ3n) is 3.23. The molecule has 7 heteroatoms. The molecule has 1 aliphatic rings. The Balaban J connectivity index is 1.82. The number of piperidine rings is 1. The second kappa shape index (κ2) is 6.21. The Labute approximate surface area is 111 Å². The normalized spacial score (nSPS) is 19.2. The second-order valence-corrected chi connectivity index (χ2v) is 4.54.